The maximum atomic E-state index is 13.3. The molecule has 0 fully saturated rings. The molecule has 1 heterocycles. The zero-order valence-corrected chi connectivity index (χ0v) is 12.5. The van der Waals surface area contributed by atoms with E-state index in [4.69, 9.17) is 21.6 Å². The van der Waals surface area contributed by atoms with Crippen LogP contribution in [0.15, 0.2) is 30.3 Å². The molecule has 0 aliphatic carbocycles. The Morgan fingerprint density at radius 2 is 2.04 bits per heavy atom. The molecule has 0 amide bonds. The fourth-order valence-corrected chi connectivity index (χ4v) is 1.96. The number of nitrogens with zero attached hydrogens (tertiary/aromatic N) is 3. The first-order chi connectivity index (χ1) is 11.3. The number of nitriles is 1. The van der Waals surface area contributed by atoms with Crippen LogP contribution in [0.2, 0.25) is 5.15 Å². The van der Waals surface area contributed by atoms with Crippen molar-refractivity contribution in [2.45, 2.75) is 6.42 Å². The lowest BCUT2D eigenvalue weighted by atomic mass is 10.1. The molecule has 0 radical (unpaired) electrons. The number of carbonyl (C=O) groups excluding carboxylic acids is 1. The molecule has 8 nitrogen and oxygen atoms in total. The lowest BCUT2D eigenvalue weighted by Crippen LogP contribution is -2.37. The zero-order chi connectivity index (χ0) is 17.9. The SMILES string of the molecule is N#Cc1cc(F)c(Cl)[n+]([O-])c1CC(=O)Oc1ccc([N+](=O)[O-])cc1. The topological polar surface area (TPSA) is 120 Å². The molecular weight excluding hydrogens is 345 g/mol. The predicted octanol–water partition coefficient (Wildman–Crippen LogP) is 2.04. The summed E-state index contributed by atoms with van der Waals surface area (Å²) in [5, 5.41) is 30.4. The van der Waals surface area contributed by atoms with Gasteiger partial charge >= 0.3 is 11.1 Å². The van der Waals surface area contributed by atoms with Crippen LogP contribution in [0.1, 0.15) is 11.3 Å². The fraction of sp³-hybridized carbons (Fsp3) is 0.0714. The fourth-order valence-electron chi connectivity index (χ4n) is 1.80. The van der Waals surface area contributed by atoms with Crippen molar-refractivity contribution in [2.75, 3.05) is 0 Å². The van der Waals surface area contributed by atoms with Gasteiger partial charge in [0.05, 0.1) is 4.92 Å². The number of esters is 1. The van der Waals surface area contributed by atoms with Gasteiger partial charge in [0.25, 0.3) is 5.69 Å². The zero-order valence-electron chi connectivity index (χ0n) is 11.7. The van der Waals surface area contributed by atoms with Gasteiger partial charge in [0.15, 0.2) is 0 Å². The number of hydrogen-bond acceptors (Lipinski definition) is 6. The van der Waals surface area contributed by atoms with Gasteiger partial charge in [0.1, 0.15) is 23.8 Å². The first-order valence-electron chi connectivity index (χ1n) is 6.29. The third-order valence-corrected chi connectivity index (χ3v) is 3.25. The van der Waals surface area contributed by atoms with Crippen molar-refractivity contribution in [1.82, 2.24) is 0 Å². The predicted molar refractivity (Wildman–Crippen MR) is 77.5 cm³/mol. The monoisotopic (exact) mass is 351 g/mol. The summed E-state index contributed by atoms with van der Waals surface area (Å²) in [6, 6.07) is 6.99. The third kappa shape index (κ3) is 3.56. The summed E-state index contributed by atoms with van der Waals surface area (Å²) in [5.41, 5.74) is -0.910. The van der Waals surface area contributed by atoms with E-state index in [1.54, 1.807) is 6.07 Å². The normalized spacial score (nSPS) is 10.0. The molecule has 0 aliphatic heterocycles. The number of aromatic nitrogens is 1. The summed E-state index contributed by atoms with van der Waals surface area (Å²) in [5.74, 6) is -2.00. The van der Waals surface area contributed by atoms with Crippen molar-refractivity contribution in [3.63, 3.8) is 0 Å². The summed E-state index contributed by atoms with van der Waals surface area (Å²) in [7, 11) is 0. The second-order valence-corrected chi connectivity index (χ2v) is 4.81. The van der Waals surface area contributed by atoms with Crippen LogP contribution in [0, 0.1) is 32.5 Å². The Kier molecular flexibility index (Phi) is 4.91. The van der Waals surface area contributed by atoms with E-state index >= 15 is 0 Å². The smallest absolute Gasteiger partial charge is 0.322 e. The van der Waals surface area contributed by atoms with E-state index in [0.717, 1.165) is 18.2 Å². The number of ether oxygens (including phenoxy) is 1. The van der Waals surface area contributed by atoms with E-state index in [2.05, 4.69) is 0 Å². The van der Waals surface area contributed by atoms with E-state index in [-0.39, 0.29) is 27.4 Å². The highest BCUT2D eigenvalue weighted by Gasteiger charge is 2.24. The van der Waals surface area contributed by atoms with Gasteiger partial charge in [0.2, 0.25) is 11.5 Å². The van der Waals surface area contributed by atoms with Gasteiger partial charge in [-0.15, -0.1) is 0 Å². The number of non-ortho nitro benzene ring substituents is 1. The third-order valence-electron chi connectivity index (χ3n) is 2.91. The van der Waals surface area contributed by atoms with Gasteiger partial charge in [0, 0.05) is 18.2 Å². The maximum Gasteiger partial charge on any atom is 0.322 e. The lowest BCUT2D eigenvalue weighted by Gasteiger charge is -2.08. The summed E-state index contributed by atoms with van der Waals surface area (Å²) >= 11 is 5.45. The van der Waals surface area contributed by atoms with Gasteiger partial charge in [-0.05, 0) is 23.7 Å². The number of carbonyl (C=O) groups is 1. The number of halogens is 2. The molecule has 1 aromatic carbocycles. The molecule has 2 rings (SSSR count). The molecule has 0 aliphatic rings. The lowest BCUT2D eigenvalue weighted by molar-refractivity contribution is -0.612. The van der Waals surface area contributed by atoms with Crippen molar-refractivity contribution in [1.29, 1.82) is 5.26 Å². The van der Waals surface area contributed by atoms with Crippen LogP contribution in [0.3, 0.4) is 0 Å². The van der Waals surface area contributed by atoms with Crippen molar-refractivity contribution in [3.8, 4) is 11.8 Å². The van der Waals surface area contributed by atoms with Gasteiger partial charge in [-0.2, -0.15) is 14.4 Å². The van der Waals surface area contributed by atoms with Crippen LogP contribution in [0.5, 0.6) is 5.75 Å². The summed E-state index contributed by atoms with van der Waals surface area (Å²) in [6.07, 6.45) is -0.636. The second kappa shape index (κ2) is 6.89. The van der Waals surface area contributed by atoms with E-state index in [9.17, 15) is 24.5 Å². The quantitative estimate of drug-likeness (QED) is 0.158. The van der Waals surface area contributed by atoms with Crippen molar-refractivity contribution in [3.05, 3.63) is 67.9 Å². The number of benzene rings is 1. The molecule has 0 atom stereocenters. The summed E-state index contributed by atoms with van der Waals surface area (Å²) in [6.45, 7) is 0. The van der Waals surface area contributed by atoms with Crippen LogP contribution in [-0.4, -0.2) is 10.9 Å². The second-order valence-electron chi connectivity index (χ2n) is 4.45. The molecular formula is C14H7ClFN3O5. The van der Waals surface area contributed by atoms with Gasteiger partial charge in [-0.1, -0.05) is 0 Å². The standard InChI is InChI=1S/C14H7ClFN3O5/c15-14-11(16)5-8(7-17)12(18(14)21)6-13(20)24-10-3-1-9(2-4-10)19(22)23/h1-5H,6H2. The number of nitro benzene ring substituents is 1. The van der Waals surface area contributed by atoms with Crippen molar-refractivity contribution >= 4 is 23.3 Å². The number of nitro groups is 1. The Bertz CT molecular complexity index is 864. The molecule has 0 bridgehead atoms. The molecule has 0 saturated heterocycles. The highest BCUT2D eigenvalue weighted by Crippen LogP contribution is 2.19. The number of rotatable bonds is 4. The molecule has 0 N–H and O–H groups in total. The van der Waals surface area contributed by atoms with Gasteiger partial charge in [-0.25, -0.2) is 0 Å². The average molecular weight is 352 g/mol. The van der Waals surface area contributed by atoms with Crippen molar-refractivity contribution in [2.24, 2.45) is 0 Å². The van der Waals surface area contributed by atoms with Gasteiger partial charge < -0.3 is 9.94 Å². The minimum atomic E-state index is -1.09. The van der Waals surface area contributed by atoms with Crippen LogP contribution < -0.4 is 9.47 Å². The highest BCUT2D eigenvalue weighted by molar-refractivity contribution is 6.28. The highest BCUT2D eigenvalue weighted by atomic mass is 35.5. The van der Waals surface area contributed by atoms with E-state index in [1.165, 1.54) is 12.1 Å². The Morgan fingerprint density at radius 3 is 2.58 bits per heavy atom. The van der Waals surface area contributed by atoms with Crippen LogP contribution in [-0.2, 0) is 11.2 Å². The molecule has 0 saturated carbocycles. The first-order valence-corrected chi connectivity index (χ1v) is 6.67. The van der Waals surface area contributed by atoms with E-state index < -0.39 is 28.3 Å². The van der Waals surface area contributed by atoms with Gasteiger partial charge in [-0.3, -0.25) is 14.9 Å². The summed E-state index contributed by atoms with van der Waals surface area (Å²) < 4.78 is 18.2. The largest absolute Gasteiger partial charge is 0.617 e. The first kappa shape index (κ1) is 17.1. The molecule has 0 unspecified atom stereocenters. The number of pyridine rings is 1. The molecule has 1 aromatic heterocycles. The molecule has 0 spiro atoms. The van der Waals surface area contributed by atoms with Crippen LogP contribution >= 0.6 is 11.6 Å². The Hall–Kier alpha value is -3.25. The Balaban J connectivity index is 2.20. The van der Waals surface area contributed by atoms with E-state index in [1.807, 2.05) is 0 Å². The van der Waals surface area contributed by atoms with Crippen LogP contribution in [0.25, 0.3) is 0 Å². The maximum absolute atomic E-state index is 13.3. The summed E-state index contributed by atoms with van der Waals surface area (Å²) in [4.78, 5) is 21.8. The molecule has 2 aromatic rings. The molecule has 24 heavy (non-hydrogen) atoms. The Morgan fingerprint density at radius 1 is 1.42 bits per heavy atom. The Labute approximate surface area is 139 Å². The van der Waals surface area contributed by atoms with E-state index in [0.29, 0.717) is 0 Å². The van der Waals surface area contributed by atoms with Crippen LogP contribution in [0.4, 0.5) is 10.1 Å². The average Bonchev–Trinajstić information content (AvgIpc) is 2.55. The minimum Gasteiger partial charge on any atom is -0.617 e. The number of hydrogen-bond donors (Lipinski definition) is 0. The minimum absolute atomic E-state index is 0.00904. The molecule has 122 valence electrons. The van der Waals surface area contributed by atoms with Crippen molar-refractivity contribution < 1.29 is 23.6 Å². The molecule has 10 heteroatoms.